The molecule has 34 heavy (non-hydrogen) atoms. The summed E-state index contributed by atoms with van der Waals surface area (Å²) in [5.41, 5.74) is -2.45. The van der Waals surface area contributed by atoms with Crippen molar-refractivity contribution in [2.24, 2.45) is 0 Å². The zero-order chi connectivity index (χ0) is 24.1. The van der Waals surface area contributed by atoms with Gasteiger partial charge >= 0.3 is 12.2 Å². The number of benzene rings is 3. The molecule has 0 spiro atoms. The molecule has 1 N–H and O–H groups in total. The summed E-state index contributed by atoms with van der Waals surface area (Å²) in [7, 11) is 1.53. The van der Waals surface area contributed by atoms with Gasteiger partial charge in [-0.3, -0.25) is 4.90 Å². The SMILES string of the molecule is COc1ccc(CN2C(=O)N[C@@](c3ccc4c(c3)OCO4)(C(F)(F)F)c3cc(Cl)ccc32)cc1. The van der Waals surface area contributed by atoms with Gasteiger partial charge in [-0.1, -0.05) is 29.8 Å². The van der Waals surface area contributed by atoms with Crippen molar-refractivity contribution in [3.05, 3.63) is 82.4 Å². The van der Waals surface area contributed by atoms with Crippen molar-refractivity contribution in [1.82, 2.24) is 5.32 Å². The van der Waals surface area contributed by atoms with E-state index in [0.29, 0.717) is 17.1 Å². The average molecular weight is 491 g/mol. The van der Waals surface area contributed by atoms with Gasteiger partial charge in [-0.15, -0.1) is 0 Å². The summed E-state index contributed by atoms with van der Waals surface area (Å²) in [6, 6.07) is 14.0. The van der Waals surface area contributed by atoms with Gasteiger partial charge in [-0.2, -0.15) is 13.2 Å². The summed E-state index contributed by atoms with van der Waals surface area (Å²) in [4.78, 5) is 14.5. The highest BCUT2D eigenvalue weighted by molar-refractivity contribution is 6.30. The maximum absolute atomic E-state index is 14.9. The van der Waals surface area contributed by atoms with Crippen LogP contribution < -0.4 is 24.4 Å². The van der Waals surface area contributed by atoms with Crippen LogP contribution in [0.5, 0.6) is 17.2 Å². The van der Waals surface area contributed by atoms with Crippen LogP contribution in [0.15, 0.2) is 60.7 Å². The molecular weight excluding hydrogens is 473 g/mol. The van der Waals surface area contributed by atoms with Crippen LogP contribution in [0, 0.1) is 0 Å². The highest BCUT2D eigenvalue weighted by Crippen LogP contribution is 2.52. The fraction of sp³-hybridized carbons (Fsp3) is 0.208. The van der Waals surface area contributed by atoms with Crippen LogP contribution in [0.2, 0.25) is 5.02 Å². The Morgan fingerprint density at radius 2 is 1.79 bits per heavy atom. The molecule has 5 rings (SSSR count). The second-order valence-corrected chi connectivity index (χ2v) is 8.28. The maximum Gasteiger partial charge on any atom is 0.420 e. The molecule has 0 aliphatic carbocycles. The Bertz CT molecular complexity index is 1270. The molecular formula is C24H18ClF3N2O4. The van der Waals surface area contributed by atoms with Gasteiger partial charge in [-0.25, -0.2) is 4.79 Å². The molecule has 2 heterocycles. The van der Waals surface area contributed by atoms with E-state index in [0.717, 1.165) is 0 Å². The highest BCUT2D eigenvalue weighted by atomic mass is 35.5. The van der Waals surface area contributed by atoms with E-state index in [4.69, 9.17) is 25.8 Å². The largest absolute Gasteiger partial charge is 0.497 e. The van der Waals surface area contributed by atoms with Gasteiger partial charge < -0.3 is 19.5 Å². The number of hydrogen-bond donors (Lipinski definition) is 1. The molecule has 2 amide bonds. The zero-order valence-corrected chi connectivity index (χ0v) is 18.5. The number of urea groups is 1. The van der Waals surface area contributed by atoms with Crippen LogP contribution >= 0.6 is 11.6 Å². The van der Waals surface area contributed by atoms with Gasteiger partial charge in [0.2, 0.25) is 6.79 Å². The molecule has 0 saturated heterocycles. The number of hydrogen-bond acceptors (Lipinski definition) is 4. The zero-order valence-electron chi connectivity index (χ0n) is 17.8. The Morgan fingerprint density at radius 3 is 2.50 bits per heavy atom. The number of amides is 2. The summed E-state index contributed by atoms with van der Waals surface area (Å²) >= 11 is 6.16. The van der Waals surface area contributed by atoms with Gasteiger partial charge in [0.25, 0.3) is 0 Å². The number of nitrogens with one attached hydrogen (secondary N) is 1. The van der Waals surface area contributed by atoms with E-state index in [2.05, 4.69) is 5.32 Å². The number of methoxy groups -OCH3 is 1. The fourth-order valence-corrected chi connectivity index (χ4v) is 4.44. The minimum absolute atomic E-state index is 0.0412. The minimum atomic E-state index is -4.90. The first kappa shape index (κ1) is 22.2. The normalized spacial score (nSPS) is 19.0. The van der Waals surface area contributed by atoms with Gasteiger partial charge in [0.15, 0.2) is 17.0 Å². The first-order chi connectivity index (χ1) is 16.2. The maximum atomic E-state index is 14.9. The van der Waals surface area contributed by atoms with Crippen molar-refractivity contribution in [3.63, 3.8) is 0 Å². The molecule has 0 fully saturated rings. The second kappa shape index (κ2) is 8.02. The number of alkyl halides is 3. The van der Waals surface area contributed by atoms with Gasteiger partial charge in [0.1, 0.15) is 5.75 Å². The third kappa shape index (κ3) is 3.47. The van der Waals surface area contributed by atoms with E-state index in [1.54, 1.807) is 24.3 Å². The molecule has 10 heteroatoms. The van der Waals surface area contributed by atoms with E-state index in [-0.39, 0.29) is 40.9 Å². The minimum Gasteiger partial charge on any atom is -0.497 e. The third-order valence-corrected chi connectivity index (χ3v) is 6.16. The summed E-state index contributed by atoms with van der Waals surface area (Å²) in [6.45, 7) is -0.0538. The summed E-state index contributed by atoms with van der Waals surface area (Å²) < 4.78 is 60.4. The number of anilines is 1. The topological polar surface area (TPSA) is 60.0 Å². The summed E-state index contributed by atoms with van der Waals surface area (Å²) in [5.74, 6) is 1.12. The molecule has 0 radical (unpaired) electrons. The molecule has 3 aromatic carbocycles. The van der Waals surface area contributed by atoms with Crippen LogP contribution in [-0.4, -0.2) is 26.1 Å². The van der Waals surface area contributed by atoms with Crippen LogP contribution in [0.3, 0.4) is 0 Å². The average Bonchev–Trinajstić information content (AvgIpc) is 3.28. The quantitative estimate of drug-likeness (QED) is 0.516. The smallest absolute Gasteiger partial charge is 0.420 e. The fourth-order valence-electron chi connectivity index (χ4n) is 4.26. The van der Waals surface area contributed by atoms with E-state index >= 15 is 0 Å². The number of halogens is 4. The van der Waals surface area contributed by atoms with Crippen molar-refractivity contribution in [2.75, 3.05) is 18.8 Å². The Balaban J connectivity index is 1.66. The predicted octanol–water partition coefficient (Wildman–Crippen LogP) is 5.61. The van der Waals surface area contributed by atoms with E-state index < -0.39 is 17.7 Å². The molecule has 176 valence electrons. The van der Waals surface area contributed by atoms with Crippen molar-refractivity contribution in [1.29, 1.82) is 0 Å². The first-order valence-corrected chi connectivity index (χ1v) is 10.6. The molecule has 2 aliphatic rings. The van der Waals surface area contributed by atoms with Gasteiger partial charge in [0, 0.05) is 10.6 Å². The van der Waals surface area contributed by atoms with Gasteiger partial charge in [0.05, 0.1) is 19.3 Å². The molecule has 1 atom stereocenters. The first-order valence-electron chi connectivity index (χ1n) is 10.2. The summed E-state index contributed by atoms with van der Waals surface area (Å²) in [6.07, 6.45) is -4.90. The lowest BCUT2D eigenvalue weighted by molar-refractivity contribution is -0.184. The lowest BCUT2D eigenvalue weighted by Crippen LogP contribution is -2.63. The molecule has 0 saturated carbocycles. The number of nitrogens with zero attached hydrogens (tertiary/aromatic N) is 1. The van der Waals surface area contributed by atoms with Crippen LogP contribution in [0.1, 0.15) is 16.7 Å². The number of carbonyl (C=O) groups is 1. The van der Waals surface area contributed by atoms with Crippen LogP contribution in [-0.2, 0) is 12.1 Å². The van der Waals surface area contributed by atoms with Crippen molar-refractivity contribution >= 4 is 23.3 Å². The molecule has 2 aliphatic heterocycles. The number of fused-ring (bicyclic) bond motifs is 2. The van der Waals surface area contributed by atoms with E-state index in [1.165, 1.54) is 48.4 Å². The Hall–Kier alpha value is -3.59. The molecule has 3 aromatic rings. The number of ether oxygens (including phenoxy) is 3. The van der Waals surface area contributed by atoms with Crippen molar-refractivity contribution in [3.8, 4) is 17.2 Å². The van der Waals surface area contributed by atoms with Gasteiger partial charge in [-0.05, 0) is 53.6 Å². The highest BCUT2D eigenvalue weighted by Gasteiger charge is 2.62. The molecule has 0 aromatic heterocycles. The van der Waals surface area contributed by atoms with Crippen molar-refractivity contribution in [2.45, 2.75) is 18.3 Å². The summed E-state index contributed by atoms with van der Waals surface area (Å²) in [5, 5.41) is 2.34. The molecule has 0 unspecified atom stereocenters. The second-order valence-electron chi connectivity index (χ2n) is 7.84. The van der Waals surface area contributed by atoms with Crippen LogP contribution in [0.4, 0.5) is 23.7 Å². The predicted molar refractivity (Wildman–Crippen MR) is 119 cm³/mol. The third-order valence-electron chi connectivity index (χ3n) is 5.92. The van der Waals surface area contributed by atoms with E-state index in [1.807, 2.05) is 0 Å². The monoisotopic (exact) mass is 490 g/mol. The lowest BCUT2D eigenvalue weighted by Gasteiger charge is -2.45. The van der Waals surface area contributed by atoms with Crippen LogP contribution in [0.25, 0.3) is 0 Å². The standard InChI is InChI=1S/C24H18ClF3N2O4/c1-32-17-6-2-14(3-7-17)12-30-19-8-5-16(25)11-18(19)23(24(26,27)28,29-22(30)31)15-4-9-20-21(10-15)34-13-33-20/h2-11H,12-13H2,1H3,(H,29,31)/t23-/m1/s1. The van der Waals surface area contributed by atoms with E-state index in [9.17, 15) is 18.0 Å². The number of rotatable bonds is 4. The Morgan fingerprint density at radius 1 is 1.06 bits per heavy atom. The number of carbonyl (C=O) groups excluding carboxylic acids is 1. The Labute approximate surface area is 197 Å². The molecule has 6 nitrogen and oxygen atoms in total. The molecule has 0 bridgehead atoms. The Kier molecular flexibility index (Phi) is 5.24. The van der Waals surface area contributed by atoms with Crippen molar-refractivity contribution < 1.29 is 32.2 Å². The lowest BCUT2D eigenvalue weighted by atomic mass is 9.79.